The second-order valence-corrected chi connectivity index (χ2v) is 8.71. The SMILES string of the molecule is [B]C1([B])COC(Cn2cc(-c3cnc(N)c(OC(C)c4c(Cl)ccc(F)c4Cl)c3)cn2)CN1. The zero-order valence-electron chi connectivity index (χ0n) is 17.8. The predicted octanol–water partition coefficient (Wildman–Crippen LogP) is 3.09. The number of nitrogens with two attached hydrogens (primary N) is 1. The maximum absolute atomic E-state index is 13.9. The first-order valence-electron chi connectivity index (χ1n) is 10.2. The summed E-state index contributed by atoms with van der Waals surface area (Å²) in [7, 11) is 11.6. The minimum atomic E-state index is -1.02. The second-order valence-electron chi connectivity index (χ2n) is 7.93. The van der Waals surface area contributed by atoms with E-state index in [9.17, 15) is 4.39 Å². The number of nitrogens with one attached hydrogen (secondary N) is 1. The van der Waals surface area contributed by atoms with Crippen LogP contribution in [0.3, 0.4) is 0 Å². The molecule has 7 nitrogen and oxygen atoms in total. The van der Waals surface area contributed by atoms with E-state index in [2.05, 4.69) is 15.4 Å². The Morgan fingerprint density at radius 2 is 2.15 bits per heavy atom. The zero-order chi connectivity index (χ0) is 23.8. The van der Waals surface area contributed by atoms with Crippen molar-refractivity contribution in [2.75, 3.05) is 18.9 Å². The van der Waals surface area contributed by atoms with Crippen molar-refractivity contribution in [1.82, 2.24) is 20.1 Å². The molecule has 3 heterocycles. The van der Waals surface area contributed by atoms with E-state index in [1.54, 1.807) is 30.1 Å². The Hall–Kier alpha value is -2.26. The van der Waals surface area contributed by atoms with Crippen LogP contribution in [0.1, 0.15) is 18.6 Å². The first-order valence-corrected chi connectivity index (χ1v) is 10.9. The molecule has 1 aromatic carbocycles. The van der Waals surface area contributed by atoms with E-state index in [0.29, 0.717) is 29.4 Å². The number of anilines is 1. The van der Waals surface area contributed by atoms with Crippen LogP contribution in [-0.4, -0.2) is 55.1 Å². The van der Waals surface area contributed by atoms with Crippen molar-refractivity contribution in [1.29, 1.82) is 0 Å². The van der Waals surface area contributed by atoms with Crippen LogP contribution in [0.25, 0.3) is 11.1 Å². The number of nitrogens with zero attached hydrogens (tertiary/aromatic N) is 3. The maximum atomic E-state index is 13.9. The van der Waals surface area contributed by atoms with Crippen LogP contribution in [-0.2, 0) is 11.3 Å². The number of aromatic nitrogens is 3. The molecule has 2 aromatic heterocycles. The van der Waals surface area contributed by atoms with Crippen molar-refractivity contribution in [3.8, 4) is 16.9 Å². The standard InChI is InChI=1S/C21H20B2Cl2FN5O2/c1-11(18-15(24)2-3-16(26)19(18)25)33-17-4-12(5-28-20(17)27)13-6-30-31(8-13)9-14-7-29-21(22,23)10-32-14/h2-6,8,11,14,29H,7,9-10H2,1H3,(H2,27,28). The summed E-state index contributed by atoms with van der Waals surface area (Å²) in [6, 6.07) is 4.36. The number of ether oxygens (including phenoxy) is 2. The Kier molecular flexibility index (Phi) is 6.91. The molecule has 12 heteroatoms. The van der Waals surface area contributed by atoms with Crippen molar-refractivity contribution in [3.63, 3.8) is 0 Å². The topological polar surface area (TPSA) is 87.2 Å². The summed E-state index contributed by atoms with van der Waals surface area (Å²) in [5.74, 6) is -0.0962. The highest BCUT2D eigenvalue weighted by Crippen LogP contribution is 2.36. The molecule has 33 heavy (non-hydrogen) atoms. The largest absolute Gasteiger partial charge is 0.482 e. The van der Waals surface area contributed by atoms with Gasteiger partial charge < -0.3 is 20.5 Å². The van der Waals surface area contributed by atoms with E-state index in [4.69, 9.17) is 54.1 Å². The maximum Gasteiger partial charge on any atom is 0.166 e. The van der Waals surface area contributed by atoms with Crippen LogP contribution < -0.4 is 15.8 Å². The van der Waals surface area contributed by atoms with Gasteiger partial charge in [-0.2, -0.15) is 5.10 Å². The third kappa shape index (κ3) is 5.46. The molecule has 1 aliphatic heterocycles. The van der Waals surface area contributed by atoms with Crippen LogP contribution in [0.5, 0.6) is 5.75 Å². The van der Waals surface area contributed by atoms with E-state index in [1.165, 1.54) is 12.1 Å². The quantitative estimate of drug-likeness (QED) is 0.412. The smallest absolute Gasteiger partial charge is 0.166 e. The lowest BCUT2D eigenvalue weighted by molar-refractivity contribution is -0.000106. The summed E-state index contributed by atoms with van der Waals surface area (Å²) in [6.07, 6.45) is 4.38. The van der Waals surface area contributed by atoms with E-state index in [1.807, 2.05) is 6.20 Å². The van der Waals surface area contributed by atoms with Crippen LogP contribution in [0, 0.1) is 5.82 Å². The van der Waals surface area contributed by atoms with Crippen molar-refractivity contribution in [3.05, 3.63) is 58.2 Å². The molecule has 2 unspecified atom stereocenters. The third-order valence-electron chi connectivity index (χ3n) is 5.25. The van der Waals surface area contributed by atoms with Crippen molar-refractivity contribution in [2.24, 2.45) is 0 Å². The van der Waals surface area contributed by atoms with Crippen LogP contribution in [0.15, 0.2) is 36.8 Å². The molecule has 3 aromatic rings. The van der Waals surface area contributed by atoms with Crippen LogP contribution in [0.4, 0.5) is 10.2 Å². The molecule has 0 amide bonds. The molecule has 0 saturated carbocycles. The van der Waals surface area contributed by atoms with Crippen LogP contribution in [0.2, 0.25) is 10.0 Å². The fraction of sp³-hybridized carbons (Fsp3) is 0.333. The van der Waals surface area contributed by atoms with Gasteiger partial charge in [0.2, 0.25) is 0 Å². The summed E-state index contributed by atoms with van der Waals surface area (Å²) in [6.45, 7) is 2.92. The third-order valence-corrected chi connectivity index (χ3v) is 5.96. The Morgan fingerprint density at radius 1 is 1.36 bits per heavy atom. The molecule has 2 atom stereocenters. The average molecular weight is 486 g/mol. The number of halogens is 3. The molecule has 1 fully saturated rings. The Balaban J connectivity index is 1.50. The lowest BCUT2D eigenvalue weighted by atomic mass is 9.62. The molecule has 1 aliphatic rings. The van der Waals surface area contributed by atoms with Crippen molar-refractivity contribution < 1.29 is 13.9 Å². The second kappa shape index (κ2) is 9.54. The highest BCUT2D eigenvalue weighted by molar-refractivity contribution is 6.40. The number of pyridine rings is 1. The number of benzene rings is 1. The predicted molar refractivity (Wildman–Crippen MR) is 127 cm³/mol. The number of nitrogen functional groups attached to an aromatic ring is 1. The Labute approximate surface area is 203 Å². The van der Waals surface area contributed by atoms with Gasteiger partial charge in [-0.15, -0.1) is 0 Å². The zero-order valence-corrected chi connectivity index (χ0v) is 19.3. The van der Waals surface area contributed by atoms with Gasteiger partial charge in [0.05, 0.1) is 39.6 Å². The van der Waals surface area contributed by atoms with Gasteiger partial charge in [0.25, 0.3) is 0 Å². The van der Waals surface area contributed by atoms with Gasteiger partial charge >= 0.3 is 0 Å². The molecule has 0 spiro atoms. The van der Waals surface area contributed by atoms with Gasteiger partial charge in [0.15, 0.2) is 11.6 Å². The van der Waals surface area contributed by atoms with Gasteiger partial charge in [-0.25, -0.2) is 9.37 Å². The highest BCUT2D eigenvalue weighted by atomic mass is 35.5. The molecule has 4 rings (SSSR count). The van der Waals surface area contributed by atoms with E-state index in [-0.39, 0.29) is 23.6 Å². The molecule has 3 N–H and O–H groups in total. The van der Waals surface area contributed by atoms with E-state index < -0.39 is 17.3 Å². The van der Waals surface area contributed by atoms with Gasteiger partial charge in [0, 0.05) is 47.3 Å². The summed E-state index contributed by atoms with van der Waals surface area (Å²) < 4.78 is 27.3. The van der Waals surface area contributed by atoms with Gasteiger partial charge in [0.1, 0.15) is 11.9 Å². The normalized spacial score (nSPS) is 18.7. The number of hydrogen-bond acceptors (Lipinski definition) is 6. The molecule has 0 bridgehead atoms. The van der Waals surface area contributed by atoms with Gasteiger partial charge in [-0.3, -0.25) is 4.68 Å². The summed E-state index contributed by atoms with van der Waals surface area (Å²) in [5, 5.41) is 6.59. The van der Waals surface area contributed by atoms with Crippen molar-refractivity contribution in [2.45, 2.75) is 31.0 Å². The minimum absolute atomic E-state index is 0.0973. The molecule has 1 saturated heterocycles. The van der Waals surface area contributed by atoms with E-state index >= 15 is 0 Å². The first-order chi connectivity index (χ1) is 15.6. The average Bonchev–Trinajstić information content (AvgIpc) is 3.23. The summed E-state index contributed by atoms with van der Waals surface area (Å²) in [4.78, 5) is 4.22. The fourth-order valence-electron chi connectivity index (χ4n) is 3.48. The molecule has 168 valence electrons. The van der Waals surface area contributed by atoms with E-state index in [0.717, 1.165) is 11.1 Å². The van der Waals surface area contributed by atoms with Gasteiger partial charge in [-0.05, 0) is 30.5 Å². The van der Waals surface area contributed by atoms with Crippen molar-refractivity contribution >= 4 is 44.7 Å². The molecule has 0 aliphatic carbocycles. The number of morpholine rings is 1. The minimum Gasteiger partial charge on any atom is -0.482 e. The lowest BCUT2D eigenvalue weighted by Gasteiger charge is -2.36. The Morgan fingerprint density at radius 3 is 2.88 bits per heavy atom. The number of hydrogen-bond donors (Lipinski definition) is 2. The number of rotatable bonds is 6. The monoisotopic (exact) mass is 485 g/mol. The molecular weight excluding hydrogens is 466 g/mol. The first kappa shape index (κ1) is 23.9. The fourth-order valence-corrected chi connectivity index (χ4v) is 4.16. The Bertz CT molecular complexity index is 1150. The van der Waals surface area contributed by atoms with Crippen LogP contribution >= 0.6 is 23.2 Å². The summed E-state index contributed by atoms with van der Waals surface area (Å²) >= 11 is 12.3. The molecular formula is C21H20B2Cl2FN5O2. The summed E-state index contributed by atoms with van der Waals surface area (Å²) in [5.41, 5.74) is 7.88. The molecule has 4 radical (unpaired) electrons. The van der Waals surface area contributed by atoms with Gasteiger partial charge in [-0.1, -0.05) is 23.2 Å². The lowest BCUT2D eigenvalue weighted by Crippen LogP contribution is -2.58. The highest BCUT2D eigenvalue weighted by Gasteiger charge is 2.26.